The van der Waals surface area contributed by atoms with Crippen LogP contribution in [0.15, 0.2) is 65.8 Å². The van der Waals surface area contributed by atoms with Crippen molar-refractivity contribution in [3.05, 3.63) is 76.8 Å². The summed E-state index contributed by atoms with van der Waals surface area (Å²) in [5, 5.41) is 16.5. The Morgan fingerprint density at radius 2 is 1.83 bits per heavy atom. The number of fused-ring (bicyclic) bond motifs is 1. The molecular weight excluding hydrogens is 324 g/mol. The number of aromatic hydroxyl groups is 1. The quantitative estimate of drug-likeness (QED) is 0.560. The first-order valence-electron chi connectivity index (χ1n) is 7.40. The van der Waals surface area contributed by atoms with Crippen LogP contribution in [-0.2, 0) is 11.2 Å². The first-order chi connectivity index (χ1) is 11.6. The van der Waals surface area contributed by atoms with Crippen LogP contribution in [0.1, 0.15) is 11.1 Å². The highest BCUT2D eigenvalue weighted by molar-refractivity contribution is 6.30. The summed E-state index contributed by atoms with van der Waals surface area (Å²) in [6.45, 7) is 0. The molecular formula is C19H15ClN2O2. The lowest BCUT2D eigenvalue weighted by Gasteiger charge is -2.05. The van der Waals surface area contributed by atoms with Gasteiger partial charge in [-0.2, -0.15) is 5.10 Å². The number of amides is 1. The van der Waals surface area contributed by atoms with Crippen molar-refractivity contribution in [3.63, 3.8) is 0 Å². The van der Waals surface area contributed by atoms with Crippen molar-refractivity contribution in [1.82, 2.24) is 5.43 Å². The van der Waals surface area contributed by atoms with Crippen molar-refractivity contribution < 1.29 is 9.90 Å². The average Bonchev–Trinajstić information content (AvgIpc) is 2.59. The third-order valence-electron chi connectivity index (χ3n) is 3.61. The van der Waals surface area contributed by atoms with E-state index in [0.717, 1.165) is 16.3 Å². The second-order valence-corrected chi connectivity index (χ2v) is 5.75. The highest BCUT2D eigenvalue weighted by atomic mass is 35.5. The lowest BCUT2D eigenvalue weighted by Crippen LogP contribution is -2.19. The number of nitrogens with zero attached hydrogens (tertiary/aromatic N) is 1. The van der Waals surface area contributed by atoms with Crippen LogP contribution in [0.25, 0.3) is 10.8 Å². The minimum atomic E-state index is -0.242. The molecule has 0 saturated carbocycles. The van der Waals surface area contributed by atoms with Crippen molar-refractivity contribution in [2.75, 3.05) is 0 Å². The first-order valence-corrected chi connectivity index (χ1v) is 7.78. The maximum absolute atomic E-state index is 11.9. The maximum atomic E-state index is 11.9. The summed E-state index contributed by atoms with van der Waals surface area (Å²) < 4.78 is 0. The van der Waals surface area contributed by atoms with Gasteiger partial charge in [-0.05, 0) is 34.5 Å². The van der Waals surface area contributed by atoms with Crippen LogP contribution in [-0.4, -0.2) is 17.2 Å². The molecule has 1 amide bonds. The Kier molecular flexibility index (Phi) is 4.77. The topological polar surface area (TPSA) is 61.7 Å². The lowest BCUT2D eigenvalue weighted by atomic mass is 10.0. The van der Waals surface area contributed by atoms with Gasteiger partial charge < -0.3 is 5.11 Å². The van der Waals surface area contributed by atoms with Gasteiger partial charge in [0.2, 0.25) is 5.91 Å². The van der Waals surface area contributed by atoms with Crippen LogP contribution < -0.4 is 5.43 Å². The summed E-state index contributed by atoms with van der Waals surface area (Å²) in [5.74, 6) is -0.127. The third-order valence-corrected chi connectivity index (χ3v) is 3.86. The Labute approximate surface area is 144 Å². The molecule has 0 aliphatic heterocycles. The minimum absolute atomic E-state index is 0.115. The molecule has 0 atom stereocenters. The fourth-order valence-electron chi connectivity index (χ4n) is 2.42. The van der Waals surface area contributed by atoms with E-state index < -0.39 is 0 Å². The van der Waals surface area contributed by atoms with E-state index in [4.69, 9.17) is 11.6 Å². The van der Waals surface area contributed by atoms with Gasteiger partial charge in [-0.25, -0.2) is 5.43 Å². The summed E-state index contributed by atoms with van der Waals surface area (Å²) in [7, 11) is 0. The molecule has 120 valence electrons. The molecule has 0 aromatic heterocycles. The number of carbonyl (C=O) groups is 1. The highest BCUT2D eigenvalue weighted by Gasteiger charge is 2.05. The minimum Gasteiger partial charge on any atom is -0.507 e. The number of carbonyl (C=O) groups excluding carboxylic acids is 1. The van der Waals surface area contributed by atoms with Gasteiger partial charge in [0.25, 0.3) is 0 Å². The van der Waals surface area contributed by atoms with Gasteiger partial charge in [0.15, 0.2) is 0 Å². The summed E-state index contributed by atoms with van der Waals surface area (Å²) in [5.41, 5.74) is 3.89. The molecule has 5 heteroatoms. The fourth-order valence-corrected chi connectivity index (χ4v) is 2.54. The molecule has 3 rings (SSSR count). The largest absolute Gasteiger partial charge is 0.507 e. The maximum Gasteiger partial charge on any atom is 0.244 e. The molecule has 4 nitrogen and oxygen atoms in total. The molecule has 24 heavy (non-hydrogen) atoms. The van der Waals surface area contributed by atoms with E-state index in [2.05, 4.69) is 10.5 Å². The average molecular weight is 339 g/mol. The number of benzene rings is 3. The molecule has 0 aliphatic rings. The number of hydrogen-bond acceptors (Lipinski definition) is 3. The van der Waals surface area contributed by atoms with Crippen molar-refractivity contribution in [3.8, 4) is 5.75 Å². The standard InChI is InChI=1S/C19H15ClN2O2/c20-15-8-5-13(6-9-15)11-19(24)22-21-12-17-16-4-2-1-3-14(16)7-10-18(17)23/h1-10,12,23H,11H2,(H,22,24)/b21-12+. The Morgan fingerprint density at radius 1 is 1.08 bits per heavy atom. The number of phenols is 1. The van der Waals surface area contributed by atoms with E-state index >= 15 is 0 Å². The number of nitrogens with one attached hydrogen (secondary N) is 1. The predicted octanol–water partition coefficient (Wildman–Crippen LogP) is 3.89. The van der Waals surface area contributed by atoms with Gasteiger partial charge in [-0.15, -0.1) is 0 Å². The molecule has 0 heterocycles. The Hall–Kier alpha value is -2.85. The van der Waals surface area contributed by atoms with Crippen LogP contribution in [0.4, 0.5) is 0 Å². The van der Waals surface area contributed by atoms with E-state index in [1.54, 1.807) is 30.3 Å². The van der Waals surface area contributed by atoms with Gasteiger partial charge in [-0.1, -0.05) is 54.1 Å². The second kappa shape index (κ2) is 7.15. The van der Waals surface area contributed by atoms with E-state index in [-0.39, 0.29) is 18.1 Å². The van der Waals surface area contributed by atoms with Crippen LogP contribution >= 0.6 is 11.6 Å². The number of rotatable bonds is 4. The molecule has 0 radical (unpaired) electrons. The van der Waals surface area contributed by atoms with Crippen LogP contribution in [0.3, 0.4) is 0 Å². The number of phenolic OH excluding ortho intramolecular Hbond substituents is 1. The van der Waals surface area contributed by atoms with E-state index in [9.17, 15) is 9.90 Å². The van der Waals surface area contributed by atoms with Gasteiger partial charge in [-0.3, -0.25) is 4.79 Å². The second-order valence-electron chi connectivity index (χ2n) is 5.32. The molecule has 3 aromatic carbocycles. The van der Waals surface area contributed by atoms with Crippen molar-refractivity contribution in [1.29, 1.82) is 0 Å². The van der Waals surface area contributed by atoms with Gasteiger partial charge in [0.1, 0.15) is 5.75 Å². The van der Waals surface area contributed by atoms with Crippen LogP contribution in [0.5, 0.6) is 5.75 Å². The fraction of sp³-hybridized carbons (Fsp3) is 0.0526. The van der Waals surface area contributed by atoms with Gasteiger partial charge >= 0.3 is 0 Å². The molecule has 0 fully saturated rings. The zero-order valence-corrected chi connectivity index (χ0v) is 13.5. The molecule has 0 unspecified atom stereocenters. The Balaban J connectivity index is 1.71. The summed E-state index contributed by atoms with van der Waals surface area (Å²) >= 11 is 5.81. The zero-order chi connectivity index (χ0) is 16.9. The van der Waals surface area contributed by atoms with Gasteiger partial charge in [0, 0.05) is 10.6 Å². The molecule has 0 spiro atoms. The van der Waals surface area contributed by atoms with E-state index in [0.29, 0.717) is 10.6 Å². The van der Waals surface area contributed by atoms with Crippen molar-refractivity contribution in [2.45, 2.75) is 6.42 Å². The molecule has 0 bridgehead atoms. The third kappa shape index (κ3) is 3.73. The highest BCUT2D eigenvalue weighted by Crippen LogP contribution is 2.25. The Morgan fingerprint density at radius 3 is 2.62 bits per heavy atom. The van der Waals surface area contributed by atoms with Crippen molar-refractivity contribution >= 4 is 34.5 Å². The lowest BCUT2D eigenvalue weighted by molar-refractivity contribution is -0.120. The van der Waals surface area contributed by atoms with E-state index in [1.165, 1.54) is 6.21 Å². The SMILES string of the molecule is O=C(Cc1ccc(Cl)cc1)N/N=C/c1c(O)ccc2ccccc12. The number of hydrazone groups is 1. The normalized spacial score (nSPS) is 11.0. The van der Waals surface area contributed by atoms with Crippen LogP contribution in [0.2, 0.25) is 5.02 Å². The summed E-state index contributed by atoms with van der Waals surface area (Å²) in [6, 6.07) is 18.2. The van der Waals surface area contributed by atoms with Crippen molar-refractivity contribution in [2.24, 2.45) is 5.10 Å². The van der Waals surface area contributed by atoms with E-state index in [1.807, 2.05) is 30.3 Å². The predicted molar refractivity (Wildman–Crippen MR) is 96.5 cm³/mol. The first kappa shape index (κ1) is 16.0. The monoisotopic (exact) mass is 338 g/mol. The Bertz CT molecular complexity index is 905. The van der Waals surface area contributed by atoms with Gasteiger partial charge in [0.05, 0.1) is 12.6 Å². The summed E-state index contributed by atoms with van der Waals surface area (Å²) in [6.07, 6.45) is 1.66. The molecule has 0 aliphatic carbocycles. The number of halogens is 1. The molecule has 3 aromatic rings. The molecule has 2 N–H and O–H groups in total. The summed E-state index contributed by atoms with van der Waals surface area (Å²) in [4.78, 5) is 11.9. The smallest absolute Gasteiger partial charge is 0.244 e. The van der Waals surface area contributed by atoms with Crippen LogP contribution in [0, 0.1) is 0 Å². The number of hydrogen-bond donors (Lipinski definition) is 2. The zero-order valence-electron chi connectivity index (χ0n) is 12.7. The molecule has 0 saturated heterocycles.